The molecular weight excluding hydrogens is 460 g/mol. The Balaban J connectivity index is 1.82. The number of hydrogen-bond acceptors (Lipinski definition) is 4. The highest BCUT2D eigenvalue weighted by Crippen LogP contribution is 2.38. The van der Waals surface area contributed by atoms with E-state index in [0.717, 1.165) is 54.7 Å². The van der Waals surface area contributed by atoms with Crippen molar-refractivity contribution in [1.29, 1.82) is 0 Å². The minimum Gasteiger partial charge on any atom is -0.493 e. The zero-order valence-corrected chi connectivity index (χ0v) is 22.2. The van der Waals surface area contributed by atoms with E-state index in [9.17, 15) is 8.42 Å². The van der Waals surface area contributed by atoms with Gasteiger partial charge in [0.1, 0.15) is 11.5 Å². The fourth-order valence-corrected chi connectivity index (χ4v) is 4.73. The first-order valence-corrected chi connectivity index (χ1v) is 15.0. The fourth-order valence-electron chi connectivity index (χ4n) is 4.16. The molecule has 5 nitrogen and oxygen atoms in total. The van der Waals surface area contributed by atoms with Gasteiger partial charge in [-0.1, -0.05) is 108 Å². The van der Waals surface area contributed by atoms with E-state index in [2.05, 4.69) is 19.1 Å². The van der Waals surface area contributed by atoms with Crippen molar-refractivity contribution in [2.24, 2.45) is 0 Å². The molecule has 196 valence electrons. The topological polar surface area (TPSA) is 72.8 Å². The highest BCUT2D eigenvalue weighted by Gasteiger charge is 2.13. The van der Waals surface area contributed by atoms with E-state index in [-0.39, 0.29) is 5.75 Å². The Labute approximate surface area is 213 Å². The highest BCUT2D eigenvalue weighted by atomic mass is 32.2. The normalized spacial score (nSPS) is 11.5. The molecule has 2 aromatic rings. The lowest BCUT2D eigenvalue weighted by Gasteiger charge is -2.17. The molecule has 1 N–H and O–H groups in total. The van der Waals surface area contributed by atoms with Crippen LogP contribution in [-0.2, 0) is 10.1 Å². The summed E-state index contributed by atoms with van der Waals surface area (Å²) in [5, 5.41) is 0. The summed E-state index contributed by atoms with van der Waals surface area (Å²) >= 11 is 0. The van der Waals surface area contributed by atoms with Crippen LogP contribution in [0.25, 0.3) is 11.1 Å². The molecule has 0 aliphatic heterocycles. The number of unbranched alkanes of at least 4 members (excludes halogenated alkanes) is 11. The van der Waals surface area contributed by atoms with Gasteiger partial charge >= 0.3 is 0 Å². The molecule has 0 spiro atoms. The Bertz CT molecular complexity index is 912. The Morgan fingerprint density at radius 3 is 1.63 bits per heavy atom. The van der Waals surface area contributed by atoms with Crippen molar-refractivity contribution >= 4 is 10.1 Å². The van der Waals surface area contributed by atoms with Gasteiger partial charge in [-0.25, -0.2) is 0 Å². The lowest BCUT2D eigenvalue weighted by Crippen LogP contribution is -2.04. The minimum absolute atomic E-state index is 0.157. The first-order valence-electron chi connectivity index (χ1n) is 13.4. The average Bonchev–Trinajstić information content (AvgIpc) is 2.84. The maximum atomic E-state index is 10.8. The molecule has 0 amide bonds. The van der Waals surface area contributed by atoms with Crippen LogP contribution in [0.15, 0.2) is 48.5 Å². The lowest BCUT2D eigenvalue weighted by atomic mass is 10.0. The first kappa shape index (κ1) is 29.2. The minimum atomic E-state index is -3.85. The van der Waals surface area contributed by atoms with Gasteiger partial charge in [-0.15, -0.1) is 0 Å². The van der Waals surface area contributed by atoms with Crippen molar-refractivity contribution in [2.75, 3.05) is 19.0 Å². The molecule has 0 heterocycles. The summed E-state index contributed by atoms with van der Waals surface area (Å²) in [7, 11) is -3.85. The van der Waals surface area contributed by atoms with E-state index >= 15 is 0 Å². The summed E-state index contributed by atoms with van der Waals surface area (Å²) in [6.45, 7) is 3.56. The molecule has 6 heteroatoms. The van der Waals surface area contributed by atoms with Crippen molar-refractivity contribution < 1.29 is 22.4 Å². The van der Waals surface area contributed by atoms with Crippen LogP contribution in [-0.4, -0.2) is 31.9 Å². The molecule has 0 saturated carbocycles. The van der Waals surface area contributed by atoms with Crippen LogP contribution in [0.4, 0.5) is 0 Å². The fraction of sp³-hybridized carbons (Fsp3) is 0.586. The predicted molar refractivity (Wildman–Crippen MR) is 145 cm³/mol. The number of ether oxygens (including phenoxy) is 2. The van der Waals surface area contributed by atoms with Gasteiger partial charge < -0.3 is 9.47 Å². The van der Waals surface area contributed by atoms with Crippen LogP contribution in [0.3, 0.4) is 0 Å². The maximum absolute atomic E-state index is 10.8. The van der Waals surface area contributed by atoms with Gasteiger partial charge in [0.2, 0.25) is 0 Å². The standard InChI is InChI=1S/C29H44O5S/c1-2-3-4-5-6-7-9-15-23-33-27-21-18-22-28(29(27)26-19-13-12-14-20-26)34-24-16-10-8-11-17-25-35(30,31)32/h12-14,18-22H,2-11,15-17,23-25H2,1H3,(H,30,31,32). The summed E-state index contributed by atoms with van der Waals surface area (Å²) in [4.78, 5) is 0. The Morgan fingerprint density at radius 1 is 0.629 bits per heavy atom. The van der Waals surface area contributed by atoms with Crippen molar-refractivity contribution in [3.63, 3.8) is 0 Å². The molecule has 0 aliphatic rings. The third-order valence-corrected chi connectivity index (χ3v) is 6.91. The van der Waals surface area contributed by atoms with Gasteiger partial charge in [-0.05, 0) is 37.0 Å². The molecule has 0 bridgehead atoms. The zero-order valence-electron chi connectivity index (χ0n) is 21.4. The molecule has 35 heavy (non-hydrogen) atoms. The van der Waals surface area contributed by atoms with Gasteiger partial charge in [0.15, 0.2) is 0 Å². The van der Waals surface area contributed by atoms with Crippen LogP contribution in [0.2, 0.25) is 0 Å². The van der Waals surface area contributed by atoms with E-state index in [1.54, 1.807) is 0 Å². The average molecular weight is 505 g/mol. The molecule has 0 aliphatic carbocycles. The molecule has 2 aromatic carbocycles. The molecule has 0 saturated heterocycles. The molecule has 0 aromatic heterocycles. The molecule has 0 atom stereocenters. The van der Waals surface area contributed by atoms with E-state index in [1.807, 2.05) is 36.4 Å². The summed E-state index contributed by atoms with van der Waals surface area (Å²) in [5.74, 6) is 1.54. The summed E-state index contributed by atoms with van der Waals surface area (Å²) < 4.78 is 42.8. The van der Waals surface area contributed by atoms with Gasteiger partial charge in [0.25, 0.3) is 10.1 Å². The van der Waals surface area contributed by atoms with Crippen molar-refractivity contribution in [1.82, 2.24) is 0 Å². The molecule has 0 unspecified atom stereocenters. The monoisotopic (exact) mass is 504 g/mol. The van der Waals surface area contributed by atoms with Crippen molar-refractivity contribution in [3.05, 3.63) is 48.5 Å². The molecule has 0 radical (unpaired) electrons. The van der Waals surface area contributed by atoms with Crippen molar-refractivity contribution in [2.45, 2.75) is 90.4 Å². The highest BCUT2D eigenvalue weighted by molar-refractivity contribution is 7.85. The van der Waals surface area contributed by atoms with Crippen molar-refractivity contribution in [3.8, 4) is 22.6 Å². The molecule has 0 fully saturated rings. The third kappa shape index (κ3) is 13.0. The van der Waals surface area contributed by atoms with E-state index < -0.39 is 10.1 Å². The van der Waals surface area contributed by atoms with E-state index in [0.29, 0.717) is 19.6 Å². The molecule has 2 rings (SSSR count). The second-order valence-electron chi connectivity index (χ2n) is 9.22. The Kier molecular flexibility index (Phi) is 14.5. The quantitative estimate of drug-likeness (QED) is 0.146. The Morgan fingerprint density at radius 2 is 1.11 bits per heavy atom. The second kappa shape index (κ2) is 17.4. The van der Waals surface area contributed by atoms with Crippen LogP contribution in [0, 0.1) is 0 Å². The summed E-state index contributed by atoms with van der Waals surface area (Å²) in [6.07, 6.45) is 14.3. The lowest BCUT2D eigenvalue weighted by molar-refractivity contribution is 0.292. The number of benzene rings is 2. The second-order valence-corrected chi connectivity index (χ2v) is 10.8. The van der Waals surface area contributed by atoms with E-state index in [1.165, 1.54) is 44.9 Å². The third-order valence-electron chi connectivity index (χ3n) is 6.11. The SMILES string of the molecule is CCCCCCCCCCOc1cccc(OCCCCCCCS(=O)(=O)O)c1-c1ccccc1. The van der Waals surface area contributed by atoms with Gasteiger partial charge in [0, 0.05) is 0 Å². The number of hydrogen-bond donors (Lipinski definition) is 1. The summed E-state index contributed by atoms with van der Waals surface area (Å²) in [6, 6.07) is 16.2. The zero-order chi connectivity index (χ0) is 25.2. The maximum Gasteiger partial charge on any atom is 0.264 e. The van der Waals surface area contributed by atoms with E-state index in [4.69, 9.17) is 14.0 Å². The number of rotatable bonds is 20. The Hall–Kier alpha value is -2.05. The van der Waals surface area contributed by atoms with Crippen LogP contribution in [0.5, 0.6) is 11.5 Å². The molecular formula is C29H44O5S. The van der Waals surface area contributed by atoms with Crippen LogP contribution < -0.4 is 9.47 Å². The predicted octanol–water partition coefficient (Wildman–Crippen LogP) is 8.09. The van der Waals surface area contributed by atoms with Gasteiger partial charge in [0.05, 0.1) is 24.5 Å². The van der Waals surface area contributed by atoms with Crippen LogP contribution in [0.1, 0.15) is 90.4 Å². The van der Waals surface area contributed by atoms with Gasteiger partial charge in [-0.3, -0.25) is 4.55 Å². The largest absolute Gasteiger partial charge is 0.493 e. The summed E-state index contributed by atoms with van der Waals surface area (Å²) in [5.41, 5.74) is 2.08. The smallest absolute Gasteiger partial charge is 0.264 e. The van der Waals surface area contributed by atoms with Gasteiger partial charge in [-0.2, -0.15) is 8.42 Å². The first-order chi connectivity index (χ1) is 17.0. The van der Waals surface area contributed by atoms with Crippen LogP contribution >= 0.6 is 0 Å².